The lowest BCUT2D eigenvalue weighted by molar-refractivity contribution is -0.121. The average Bonchev–Trinajstić information content (AvgIpc) is 2.20. The number of carbonyl (C=O) groups excluding carboxylic acids is 1. The molecule has 0 radical (unpaired) electrons. The van der Waals surface area contributed by atoms with Crippen molar-refractivity contribution in [1.82, 2.24) is 5.32 Å². The predicted molar refractivity (Wildman–Crippen MR) is 61.2 cm³/mol. The molecular weight excluding hydrogens is 174 g/mol. The molecule has 0 bridgehead atoms. The third-order valence-electron chi connectivity index (χ3n) is 2.75. The second kappa shape index (κ2) is 9.04. The third-order valence-corrected chi connectivity index (χ3v) is 2.75. The van der Waals surface area contributed by atoms with E-state index in [1.54, 1.807) is 0 Å². The zero-order valence-electron chi connectivity index (χ0n) is 9.94. The molecule has 0 aliphatic rings. The van der Waals surface area contributed by atoms with E-state index in [0.717, 1.165) is 25.8 Å². The van der Waals surface area contributed by atoms with Gasteiger partial charge in [-0.1, -0.05) is 46.5 Å². The Hall–Kier alpha value is -0.530. The van der Waals surface area contributed by atoms with Gasteiger partial charge >= 0.3 is 0 Å². The van der Waals surface area contributed by atoms with Crippen LogP contribution in [0, 0.1) is 5.92 Å². The minimum absolute atomic E-state index is 0.227. The Bertz CT molecular complexity index is 141. The Kier molecular flexibility index (Phi) is 8.70. The zero-order chi connectivity index (χ0) is 10.8. The molecule has 0 aromatic rings. The highest BCUT2D eigenvalue weighted by atomic mass is 16.1. The molecule has 0 aromatic carbocycles. The van der Waals surface area contributed by atoms with Crippen LogP contribution < -0.4 is 5.32 Å². The van der Waals surface area contributed by atoms with Gasteiger partial charge < -0.3 is 5.32 Å². The average molecular weight is 199 g/mol. The quantitative estimate of drug-likeness (QED) is 0.598. The summed E-state index contributed by atoms with van der Waals surface area (Å²) in [5.74, 6) is 0.885. The fourth-order valence-corrected chi connectivity index (χ4v) is 1.46. The lowest BCUT2D eigenvalue weighted by Gasteiger charge is -2.12. The Labute approximate surface area is 88.5 Å². The number of hydrogen-bond donors (Lipinski definition) is 1. The van der Waals surface area contributed by atoms with Crippen LogP contribution in [-0.4, -0.2) is 12.5 Å². The van der Waals surface area contributed by atoms with Gasteiger partial charge in [0.1, 0.15) is 0 Å². The highest BCUT2D eigenvalue weighted by molar-refractivity contribution is 5.75. The van der Waals surface area contributed by atoms with Gasteiger partial charge in [-0.15, -0.1) is 0 Å². The molecule has 2 nitrogen and oxygen atoms in total. The van der Waals surface area contributed by atoms with Gasteiger partial charge in [-0.3, -0.25) is 4.79 Å². The molecule has 0 saturated carbocycles. The maximum atomic E-state index is 11.3. The number of unbranched alkanes of at least 4 members (excludes halogenated alkanes) is 2. The molecule has 0 unspecified atom stereocenters. The standard InChI is InChI=1S/C12H25NO/c1-4-7-8-9-12(14)13-10-11(5-2)6-3/h11H,4-10H2,1-3H3,(H,13,14). The maximum Gasteiger partial charge on any atom is 0.220 e. The molecule has 0 aromatic heterocycles. The fraction of sp³-hybridized carbons (Fsp3) is 0.917. The van der Waals surface area contributed by atoms with Crippen LogP contribution in [0.5, 0.6) is 0 Å². The highest BCUT2D eigenvalue weighted by Gasteiger charge is 2.05. The van der Waals surface area contributed by atoms with Gasteiger partial charge in [0.25, 0.3) is 0 Å². The lowest BCUT2D eigenvalue weighted by atomic mass is 10.0. The van der Waals surface area contributed by atoms with Crippen molar-refractivity contribution in [3.63, 3.8) is 0 Å². The van der Waals surface area contributed by atoms with Crippen LogP contribution >= 0.6 is 0 Å². The molecule has 0 heterocycles. The van der Waals surface area contributed by atoms with E-state index in [1.165, 1.54) is 12.8 Å². The summed E-state index contributed by atoms with van der Waals surface area (Å²) in [5.41, 5.74) is 0. The number of nitrogens with one attached hydrogen (secondary N) is 1. The van der Waals surface area contributed by atoms with E-state index < -0.39 is 0 Å². The van der Waals surface area contributed by atoms with E-state index in [9.17, 15) is 4.79 Å². The highest BCUT2D eigenvalue weighted by Crippen LogP contribution is 2.05. The first-order valence-corrected chi connectivity index (χ1v) is 6.01. The maximum absolute atomic E-state index is 11.3. The molecule has 0 atom stereocenters. The molecule has 0 aliphatic heterocycles. The van der Waals surface area contributed by atoms with Crippen LogP contribution in [0.15, 0.2) is 0 Å². The van der Waals surface area contributed by atoms with E-state index in [-0.39, 0.29) is 5.91 Å². The molecule has 14 heavy (non-hydrogen) atoms. The van der Waals surface area contributed by atoms with Crippen molar-refractivity contribution in [2.45, 2.75) is 59.3 Å². The Balaban J connectivity index is 3.42. The minimum Gasteiger partial charge on any atom is -0.356 e. The van der Waals surface area contributed by atoms with Gasteiger partial charge in [0.05, 0.1) is 0 Å². The predicted octanol–water partition coefficient (Wildman–Crippen LogP) is 3.12. The molecule has 0 rings (SSSR count). The summed E-state index contributed by atoms with van der Waals surface area (Å²) in [4.78, 5) is 11.3. The topological polar surface area (TPSA) is 29.1 Å². The van der Waals surface area contributed by atoms with Crippen LogP contribution in [0.3, 0.4) is 0 Å². The van der Waals surface area contributed by atoms with E-state index in [2.05, 4.69) is 26.1 Å². The van der Waals surface area contributed by atoms with Crippen molar-refractivity contribution in [2.75, 3.05) is 6.54 Å². The van der Waals surface area contributed by atoms with E-state index in [4.69, 9.17) is 0 Å². The Morgan fingerprint density at radius 1 is 1.14 bits per heavy atom. The van der Waals surface area contributed by atoms with Crippen molar-refractivity contribution < 1.29 is 4.79 Å². The van der Waals surface area contributed by atoms with Gasteiger partial charge in [-0.25, -0.2) is 0 Å². The molecule has 1 N–H and O–H groups in total. The monoisotopic (exact) mass is 199 g/mol. The van der Waals surface area contributed by atoms with Crippen molar-refractivity contribution in [2.24, 2.45) is 5.92 Å². The normalized spacial score (nSPS) is 10.6. The first-order chi connectivity index (χ1) is 6.74. The molecule has 0 saturated heterocycles. The molecule has 84 valence electrons. The fourth-order valence-electron chi connectivity index (χ4n) is 1.46. The minimum atomic E-state index is 0.227. The van der Waals surface area contributed by atoms with Crippen LogP contribution in [-0.2, 0) is 4.79 Å². The molecule has 0 fully saturated rings. The van der Waals surface area contributed by atoms with Gasteiger partial charge in [0.15, 0.2) is 0 Å². The summed E-state index contributed by atoms with van der Waals surface area (Å²) >= 11 is 0. The SMILES string of the molecule is CCCCCC(=O)NCC(CC)CC. The van der Waals surface area contributed by atoms with Gasteiger partial charge in [-0.2, -0.15) is 0 Å². The summed E-state index contributed by atoms with van der Waals surface area (Å²) in [5, 5.41) is 3.00. The molecule has 2 heteroatoms. The van der Waals surface area contributed by atoms with Crippen LogP contribution in [0.4, 0.5) is 0 Å². The Morgan fingerprint density at radius 3 is 2.29 bits per heavy atom. The van der Waals surface area contributed by atoms with Crippen molar-refractivity contribution in [1.29, 1.82) is 0 Å². The third kappa shape index (κ3) is 6.93. The first-order valence-electron chi connectivity index (χ1n) is 6.01. The number of carbonyl (C=O) groups is 1. The summed E-state index contributed by atoms with van der Waals surface area (Å²) in [6, 6.07) is 0. The molecule has 0 spiro atoms. The Morgan fingerprint density at radius 2 is 1.79 bits per heavy atom. The van der Waals surface area contributed by atoms with E-state index in [1.807, 2.05) is 0 Å². The number of hydrogen-bond acceptors (Lipinski definition) is 1. The summed E-state index contributed by atoms with van der Waals surface area (Å²) in [6.45, 7) is 7.37. The van der Waals surface area contributed by atoms with Crippen molar-refractivity contribution in [3.8, 4) is 0 Å². The van der Waals surface area contributed by atoms with Crippen molar-refractivity contribution in [3.05, 3.63) is 0 Å². The smallest absolute Gasteiger partial charge is 0.220 e. The van der Waals surface area contributed by atoms with E-state index >= 15 is 0 Å². The van der Waals surface area contributed by atoms with Crippen LogP contribution in [0.25, 0.3) is 0 Å². The lowest BCUT2D eigenvalue weighted by Crippen LogP contribution is -2.28. The van der Waals surface area contributed by atoms with Crippen molar-refractivity contribution >= 4 is 5.91 Å². The summed E-state index contributed by atoms with van der Waals surface area (Å²) in [7, 11) is 0. The first kappa shape index (κ1) is 13.5. The number of rotatable bonds is 8. The number of amides is 1. The van der Waals surface area contributed by atoms with Crippen LogP contribution in [0.1, 0.15) is 59.3 Å². The molecular formula is C12H25NO. The zero-order valence-corrected chi connectivity index (χ0v) is 9.94. The van der Waals surface area contributed by atoms with Gasteiger partial charge in [0, 0.05) is 13.0 Å². The summed E-state index contributed by atoms with van der Waals surface area (Å²) < 4.78 is 0. The van der Waals surface area contributed by atoms with Crippen LogP contribution in [0.2, 0.25) is 0 Å². The van der Waals surface area contributed by atoms with Gasteiger partial charge in [0.2, 0.25) is 5.91 Å². The second-order valence-electron chi connectivity index (χ2n) is 3.94. The second-order valence-corrected chi connectivity index (χ2v) is 3.94. The largest absolute Gasteiger partial charge is 0.356 e. The molecule has 0 aliphatic carbocycles. The van der Waals surface area contributed by atoms with E-state index in [0.29, 0.717) is 12.3 Å². The van der Waals surface area contributed by atoms with Gasteiger partial charge in [-0.05, 0) is 12.3 Å². The molecule has 1 amide bonds. The summed E-state index contributed by atoms with van der Waals surface area (Å²) in [6.07, 6.45) is 6.40.